The van der Waals surface area contributed by atoms with Crippen molar-refractivity contribution in [1.82, 2.24) is 20.9 Å². The van der Waals surface area contributed by atoms with E-state index in [1.165, 1.54) is 0 Å². The maximum absolute atomic E-state index is 13.6. The highest BCUT2D eigenvalue weighted by Gasteiger charge is 2.33. The van der Waals surface area contributed by atoms with Gasteiger partial charge in [-0.2, -0.15) is 0 Å². The summed E-state index contributed by atoms with van der Waals surface area (Å²) < 4.78 is 10.6. The molecule has 0 saturated heterocycles. The number of nitrogens with zero attached hydrogens (tertiary/aromatic N) is 1. The summed E-state index contributed by atoms with van der Waals surface area (Å²) in [6, 6.07) is 15.7. The molecule has 0 fully saturated rings. The molecule has 12 nitrogen and oxygen atoms in total. The number of hydrogen-bond donors (Lipinski definition) is 4. The molecule has 3 rings (SSSR count). The van der Waals surface area contributed by atoms with Crippen LogP contribution in [0.2, 0.25) is 0 Å². The maximum Gasteiger partial charge on any atom is 0.408 e. The monoisotopic (exact) mass is 620 g/mol. The van der Waals surface area contributed by atoms with Gasteiger partial charge in [-0.25, -0.2) is 9.59 Å². The number of amides is 3. The predicted octanol–water partition coefficient (Wildman–Crippen LogP) is 3.51. The number of rotatable bonds is 13. The van der Waals surface area contributed by atoms with Crippen molar-refractivity contribution in [3.8, 4) is 0 Å². The van der Waals surface area contributed by atoms with E-state index in [9.17, 15) is 29.1 Å². The van der Waals surface area contributed by atoms with Crippen molar-refractivity contribution in [1.29, 1.82) is 0 Å². The van der Waals surface area contributed by atoms with Crippen molar-refractivity contribution in [3.05, 3.63) is 78.0 Å². The fourth-order valence-corrected chi connectivity index (χ4v) is 4.35. The van der Waals surface area contributed by atoms with Gasteiger partial charge in [0.1, 0.15) is 30.3 Å². The molecule has 2 aromatic carbocycles. The van der Waals surface area contributed by atoms with Crippen LogP contribution in [-0.2, 0) is 41.7 Å². The van der Waals surface area contributed by atoms with Gasteiger partial charge >= 0.3 is 18.0 Å². The van der Waals surface area contributed by atoms with Gasteiger partial charge in [0.2, 0.25) is 11.8 Å². The summed E-state index contributed by atoms with van der Waals surface area (Å²) in [5, 5.41) is 18.0. The zero-order valence-electron chi connectivity index (χ0n) is 26.0. The molecule has 0 aliphatic heterocycles. The standard InChI is InChI=1S/C33H40N4O8/c1-20(2)28(31(41)42)37-30(40)25(17-23-16-15-22-13-9-10-14-24(22)34-23)35-29(39)26(18-27(38)45-33(3,4)5)36-32(43)44-19-21-11-7-6-8-12-21/h6-16,20,25-26,28H,17-19H2,1-5H3,(H,35,39)(H,36,43)(H,37,40)(H,41,42)/t25-,26?,28-/m0/s1. The first-order valence-electron chi connectivity index (χ1n) is 14.6. The summed E-state index contributed by atoms with van der Waals surface area (Å²) in [5.41, 5.74) is 0.957. The molecule has 0 aliphatic carbocycles. The molecule has 0 radical (unpaired) electrons. The van der Waals surface area contributed by atoms with Gasteiger partial charge in [0.15, 0.2) is 0 Å². The summed E-state index contributed by atoms with van der Waals surface area (Å²) in [6.07, 6.45) is -1.63. The maximum atomic E-state index is 13.6. The number of aliphatic carboxylic acids is 1. The van der Waals surface area contributed by atoms with Crippen molar-refractivity contribution < 1.29 is 38.6 Å². The third-order valence-corrected chi connectivity index (χ3v) is 6.54. The lowest BCUT2D eigenvalue weighted by atomic mass is 10.0. The smallest absolute Gasteiger partial charge is 0.408 e. The van der Waals surface area contributed by atoms with Crippen molar-refractivity contribution >= 4 is 40.7 Å². The van der Waals surface area contributed by atoms with Crippen LogP contribution >= 0.6 is 0 Å². The largest absolute Gasteiger partial charge is 0.480 e. The molecule has 0 saturated carbocycles. The van der Waals surface area contributed by atoms with Gasteiger partial charge in [-0.3, -0.25) is 19.4 Å². The van der Waals surface area contributed by atoms with E-state index in [-0.39, 0.29) is 13.0 Å². The highest BCUT2D eigenvalue weighted by molar-refractivity contribution is 5.94. The second-order valence-electron chi connectivity index (χ2n) is 11.9. The number of carbonyl (C=O) groups is 5. The lowest BCUT2D eigenvalue weighted by Crippen LogP contribution is -2.57. The number of carboxylic acid groups (broad SMARTS) is 1. The van der Waals surface area contributed by atoms with Crippen molar-refractivity contribution in [3.63, 3.8) is 0 Å². The van der Waals surface area contributed by atoms with Crippen LogP contribution < -0.4 is 16.0 Å². The molecule has 3 amide bonds. The average Bonchev–Trinajstić information content (AvgIpc) is 2.97. The number of benzene rings is 2. The predicted molar refractivity (Wildman–Crippen MR) is 166 cm³/mol. The third-order valence-electron chi connectivity index (χ3n) is 6.54. The summed E-state index contributed by atoms with van der Waals surface area (Å²) in [6.45, 7) is 8.17. The van der Waals surface area contributed by atoms with Crippen molar-refractivity contribution in [2.24, 2.45) is 5.92 Å². The zero-order valence-corrected chi connectivity index (χ0v) is 26.0. The second-order valence-corrected chi connectivity index (χ2v) is 11.9. The number of fused-ring (bicyclic) bond motifs is 1. The first-order valence-corrected chi connectivity index (χ1v) is 14.6. The van der Waals surface area contributed by atoms with Gasteiger partial charge in [-0.05, 0) is 44.4 Å². The van der Waals surface area contributed by atoms with Gasteiger partial charge < -0.3 is 30.5 Å². The number of alkyl carbamates (subject to hydrolysis) is 1. The average molecular weight is 621 g/mol. The minimum atomic E-state index is -1.48. The van der Waals surface area contributed by atoms with Crippen molar-refractivity contribution in [2.45, 2.75) is 77.8 Å². The molecule has 1 unspecified atom stereocenters. The fourth-order valence-electron chi connectivity index (χ4n) is 4.35. The van der Waals surface area contributed by atoms with Crippen molar-refractivity contribution in [2.75, 3.05) is 0 Å². The molecule has 3 aromatic rings. The number of aromatic nitrogens is 1. The van der Waals surface area contributed by atoms with Crippen LogP contribution in [0, 0.1) is 5.92 Å². The fraction of sp³-hybridized carbons (Fsp3) is 0.394. The number of pyridine rings is 1. The molecule has 0 spiro atoms. The van der Waals surface area contributed by atoms with Gasteiger partial charge in [0.25, 0.3) is 0 Å². The number of carbonyl (C=O) groups excluding carboxylic acids is 4. The Balaban J connectivity index is 1.85. The van der Waals surface area contributed by atoms with Gasteiger partial charge in [0.05, 0.1) is 11.9 Å². The van der Waals surface area contributed by atoms with E-state index in [2.05, 4.69) is 20.9 Å². The molecule has 45 heavy (non-hydrogen) atoms. The third kappa shape index (κ3) is 11.2. The normalized spacial score (nSPS) is 13.3. The summed E-state index contributed by atoms with van der Waals surface area (Å²) in [5.74, 6) is -4.12. The SMILES string of the molecule is CC(C)[C@H](NC(=O)[C@H](Cc1ccc2ccccc2n1)NC(=O)C(CC(=O)OC(C)(C)C)NC(=O)OCc1ccccc1)C(=O)O. The minimum absolute atomic E-state index is 0.0854. The Hall–Kier alpha value is -5.00. The quantitative estimate of drug-likeness (QED) is 0.209. The summed E-state index contributed by atoms with van der Waals surface area (Å²) in [7, 11) is 0. The highest BCUT2D eigenvalue weighted by atomic mass is 16.6. The van der Waals surface area contributed by atoms with Gasteiger partial charge in [-0.1, -0.05) is 68.4 Å². The number of para-hydroxylation sites is 1. The molecule has 12 heteroatoms. The Morgan fingerprint density at radius 2 is 1.47 bits per heavy atom. The Bertz CT molecular complexity index is 1500. The first kappa shape index (κ1) is 34.5. The summed E-state index contributed by atoms with van der Waals surface area (Å²) in [4.78, 5) is 68.9. The molecule has 0 bridgehead atoms. The highest BCUT2D eigenvalue weighted by Crippen LogP contribution is 2.14. The van der Waals surface area contributed by atoms with E-state index in [4.69, 9.17) is 9.47 Å². The molecule has 4 N–H and O–H groups in total. The molecule has 3 atom stereocenters. The number of esters is 1. The molecular weight excluding hydrogens is 580 g/mol. The van der Waals surface area contributed by atoms with E-state index >= 15 is 0 Å². The van der Waals surface area contributed by atoms with Crippen LogP contribution in [0.5, 0.6) is 0 Å². The van der Waals surface area contributed by atoms with Crippen LogP contribution in [-0.4, -0.2) is 63.7 Å². The second kappa shape index (κ2) is 15.6. The first-order chi connectivity index (χ1) is 21.2. The van der Waals surface area contributed by atoms with Crippen LogP contribution in [0.15, 0.2) is 66.7 Å². The Morgan fingerprint density at radius 1 is 0.822 bits per heavy atom. The van der Waals surface area contributed by atoms with Crippen LogP contribution in [0.3, 0.4) is 0 Å². The Kier molecular flexibility index (Phi) is 12.0. The molecule has 240 valence electrons. The topological polar surface area (TPSA) is 173 Å². The van der Waals surface area contributed by atoms with Crippen LogP contribution in [0.25, 0.3) is 10.9 Å². The minimum Gasteiger partial charge on any atom is -0.480 e. The lowest BCUT2D eigenvalue weighted by molar-refractivity contribution is -0.156. The number of ether oxygens (including phenoxy) is 2. The van der Waals surface area contributed by atoms with Gasteiger partial charge in [0, 0.05) is 17.5 Å². The van der Waals surface area contributed by atoms with E-state index in [1.54, 1.807) is 71.0 Å². The number of nitrogens with one attached hydrogen (secondary N) is 3. The van der Waals surface area contributed by atoms with E-state index in [0.717, 1.165) is 5.39 Å². The lowest BCUT2D eigenvalue weighted by Gasteiger charge is -2.26. The van der Waals surface area contributed by atoms with E-state index in [1.807, 2.05) is 30.3 Å². The number of carboxylic acids is 1. The Morgan fingerprint density at radius 3 is 2.11 bits per heavy atom. The van der Waals surface area contributed by atoms with Gasteiger partial charge in [-0.15, -0.1) is 0 Å². The molecule has 1 aromatic heterocycles. The zero-order chi connectivity index (χ0) is 33.1. The molecule has 0 aliphatic rings. The molecular formula is C33H40N4O8. The van der Waals surface area contributed by atoms with Crippen LogP contribution in [0.4, 0.5) is 4.79 Å². The summed E-state index contributed by atoms with van der Waals surface area (Å²) >= 11 is 0. The molecule has 1 heterocycles. The van der Waals surface area contributed by atoms with E-state index < -0.39 is 65.9 Å². The van der Waals surface area contributed by atoms with Crippen LogP contribution in [0.1, 0.15) is 52.3 Å². The van der Waals surface area contributed by atoms with E-state index in [0.29, 0.717) is 16.8 Å². The number of hydrogen-bond acceptors (Lipinski definition) is 8. The Labute approximate surface area is 261 Å².